The van der Waals surface area contributed by atoms with Crippen molar-refractivity contribution in [2.24, 2.45) is 4.99 Å². The number of guanidine groups is 1. The van der Waals surface area contributed by atoms with Gasteiger partial charge in [0.05, 0.1) is 11.4 Å². The second-order valence-corrected chi connectivity index (χ2v) is 6.67. The van der Waals surface area contributed by atoms with E-state index in [1.807, 2.05) is 22.9 Å². The summed E-state index contributed by atoms with van der Waals surface area (Å²) in [6.07, 6.45) is 10.8. The standard InChI is InChI=1S/C21H29N5/c1-3-22-21(24-19-11-7-8-12-19)23-15-9-10-18-16-26(25-17(18)2)20-13-5-4-6-14-20/h4-8,13-14,16,19H,3,9-12,15H2,1-2H3,(H2,22,23,24). The molecule has 0 amide bonds. The van der Waals surface area contributed by atoms with Crippen LogP contribution in [-0.2, 0) is 6.42 Å². The van der Waals surface area contributed by atoms with Gasteiger partial charge in [0, 0.05) is 25.3 Å². The van der Waals surface area contributed by atoms with Crippen molar-refractivity contribution in [2.75, 3.05) is 13.1 Å². The largest absolute Gasteiger partial charge is 0.357 e. The van der Waals surface area contributed by atoms with Gasteiger partial charge in [-0.25, -0.2) is 4.68 Å². The first kappa shape index (κ1) is 18.2. The molecule has 5 heteroatoms. The van der Waals surface area contributed by atoms with Crippen LogP contribution in [0.4, 0.5) is 0 Å². The molecule has 1 aromatic carbocycles. The molecule has 1 aliphatic carbocycles. The normalized spacial score (nSPS) is 14.8. The van der Waals surface area contributed by atoms with Gasteiger partial charge in [0.25, 0.3) is 0 Å². The van der Waals surface area contributed by atoms with E-state index in [-0.39, 0.29) is 0 Å². The lowest BCUT2D eigenvalue weighted by Crippen LogP contribution is -2.42. The van der Waals surface area contributed by atoms with Gasteiger partial charge < -0.3 is 10.6 Å². The van der Waals surface area contributed by atoms with Crippen molar-refractivity contribution in [1.82, 2.24) is 20.4 Å². The van der Waals surface area contributed by atoms with Crippen LogP contribution in [0.1, 0.15) is 37.4 Å². The van der Waals surface area contributed by atoms with E-state index < -0.39 is 0 Å². The number of nitrogens with one attached hydrogen (secondary N) is 2. The lowest BCUT2D eigenvalue weighted by molar-refractivity contribution is 0.632. The van der Waals surface area contributed by atoms with Crippen molar-refractivity contribution in [3.8, 4) is 5.69 Å². The van der Waals surface area contributed by atoms with Gasteiger partial charge in [-0.15, -0.1) is 0 Å². The average Bonchev–Trinajstić information content (AvgIpc) is 3.29. The molecular weight excluding hydrogens is 322 g/mol. The zero-order chi connectivity index (χ0) is 18.2. The summed E-state index contributed by atoms with van der Waals surface area (Å²) in [4.78, 5) is 4.73. The Hall–Kier alpha value is -2.56. The Morgan fingerprint density at radius 2 is 2.00 bits per heavy atom. The second-order valence-electron chi connectivity index (χ2n) is 6.67. The van der Waals surface area contributed by atoms with Gasteiger partial charge in [-0.05, 0) is 57.2 Å². The van der Waals surface area contributed by atoms with E-state index in [0.717, 1.165) is 56.1 Å². The maximum absolute atomic E-state index is 4.73. The van der Waals surface area contributed by atoms with Crippen LogP contribution in [0.3, 0.4) is 0 Å². The maximum atomic E-state index is 4.73. The Kier molecular flexibility index (Phi) is 6.47. The summed E-state index contributed by atoms with van der Waals surface area (Å²) < 4.78 is 1.96. The predicted molar refractivity (Wildman–Crippen MR) is 108 cm³/mol. The van der Waals surface area contributed by atoms with Crippen molar-refractivity contribution in [3.05, 3.63) is 59.9 Å². The SMILES string of the molecule is CCNC(=NCCCc1cn(-c2ccccc2)nc1C)NC1CC=CC1. The van der Waals surface area contributed by atoms with Gasteiger partial charge >= 0.3 is 0 Å². The van der Waals surface area contributed by atoms with Gasteiger partial charge in [-0.2, -0.15) is 5.10 Å². The minimum atomic E-state index is 0.485. The van der Waals surface area contributed by atoms with Crippen LogP contribution in [-0.4, -0.2) is 34.9 Å². The molecule has 2 N–H and O–H groups in total. The first-order valence-electron chi connectivity index (χ1n) is 9.56. The number of nitrogens with zero attached hydrogens (tertiary/aromatic N) is 3. The van der Waals surface area contributed by atoms with Gasteiger partial charge in [0.1, 0.15) is 0 Å². The fourth-order valence-electron chi connectivity index (χ4n) is 3.16. The van der Waals surface area contributed by atoms with Crippen LogP contribution in [0.5, 0.6) is 0 Å². The smallest absolute Gasteiger partial charge is 0.191 e. The first-order valence-corrected chi connectivity index (χ1v) is 9.56. The number of aryl methyl sites for hydroxylation is 2. The molecule has 0 fully saturated rings. The van der Waals surface area contributed by atoms with E-state index in [4.69, 9.17) is 4.99 Å². The average molecular weight is 351 g/mol. The first-order chi connectivity index (χ1) is 12.8. The topological polar surface area (TPSA) is 54.2 Å². The molecule has 1 aromatic heterocycles. The molecule has 0 bridgehead atoms. The van der Waals surface area contributed by atoms with Crippen LogP contribution >= 0.6 is 0 Å². The van der Waals surface area contributed by atoms with E-state index in [2.05, 4.69) is 60.1 Å². The highest BCUT2D eigenvalue weighted by molar-refractivity contribution is 5.80. The molecule has 0 aliphatic heterocycles. The van der Waals surface area contributed by atoms with Crippen LogP contribution in [0.15, 0.2) is 53.7 Å². The maximum Gasteiger partial charge on any atom is 0.191 e. The molecule has 0 radical (unpaired) electrons. The molecule has 0 spiro atoms. The monoisotopic (exact) mass is 351 g/mol. The van der Waals surface area contributed by atoms with Gasteiger partial charge in [0.15, 0.2) is 5.96 Å². The second kappa shape index (κ2) is 9.22. The van der Waals surface area contributed by atoms with Crippen molar-refractivity contribution >= 4 is 5.96 Å². The lowest BCUT2D eigenvalue weighted by Gasteiger charge is -2.16. The Morgan fingerprint density at radius 1 is 1.23 bits per heavy atom. The van der Waals surface area contributed by atoms with Crippen LogP contribution in [0.2, 0.25) is 0 Å². The zero-order valence-electron chi connectivity index (χ0n) is 15.8. The van der Waals surface area contributed by atoms with Gasteiger partial charge in [0.2, 0.25) is 0 Å². The summed E-state index contributed by atoms with van der Waals surface area (Å²) in [5.74, 6) is 0.929. The third-order valence-corrected chi connectivity index (χ3v) is 4.59. The van der Waals surface area contributed by atoms with E-state index in [0.29, 0.717) is 6.04 Å². The van der Waals surface area contributed by atoms with E-state index in [1.54, 1.807) is 0 Å². The minimum Gasteiger partial charge on any atom is -0.357 e. The molecule has 0 unspecified atom stereocenters. The molecule has 138 valence electrons. The van der Waals surface area contributed by atoms with Gasteiger partial charge in [-0.3, -0.25) is 4.99 Å². The van der Waals surface area contributed by atoms with E-state index in [1.165, 1.54) is 5.56 Å². The summed E-state index contributed by atoms with van der Waals surface area (Å²) in [5, 5.41) is 11.5. The number of aromatic nitrogens is 2. The Balaban J connectivity index is 1.52. The molecular formula is C21H29N5. The Labute approximate surface area is 156 Å². The number of rotatable bonds is 7. The lowest BCUT2D eigenvalue weighted by atomic mass is 10.1. The van der Waals surface area contributed by atoms with Crippen LogP contribution < -0.4 is 10.6 Å². The Bertz CT molecular complexity index is 737. The molecule has 2 aromatic rings. The molecule has 5 nitrogen and oxygen atoms in total. The zero-order valence-corrected chi connectivity index (χ0v) is 15.8. The molecule has 0 atom stereocenters. The number of para-hydroxylation sites is 1. The number of hydrogen-bond acceptors (Lipinski definition) is 2. The number of hydrogen-bond donors (Lipinski definition) is 2. The number of benzene rings is 1. The third kappa shape index (κ3) is 4.97. The molecule has 0 saturated heterocycles. The van der Waals surface area contributed by atoms with E-state index in [9.17, 15) is 0 Å². The third-order valence-electron chi connectivity index (χ3n) is 4.59. The molecule has 3 rings (SSSR count). The minimum absolute atomic E-state index is 0.485. The fourth-order valence-corrected chi connectivity index (χ4v) is 3.16. The van der Waals surface area contributed by atoms with Crippen molar-refractivity contribution in [3.63, 3.8) is 0 Å². The summed E-state index contributed by atoms with van der Waals surface area (Å²) in [6, 6.07) is 10.7. The highest BCUT2D eigenvalue weighted by atomic mass is 15.3. The highest BCUT2D eigenvalue weighted by Crippen LogP contribution is 2.13. The van der Waals surface area contributed by atoms with Crippen molar-refractivity contribution < 1.29 is 0 Å². The quantitative estimate of drug-likeness (QED) is 0.348. The highest BCUT2D eigenvalue weighted by Gasteiger charge is 2.11. The van der Waals surface area contributed by atoms with Gasteiger partial charge in [-0.1, -0.05) is 30.4 Å². The molecule has 0 saturated carbocycles. The molecule has 26 heavy (non-hydrogen) atoms. The predicted octanol–water partition coefficient (Wildman–Crippen LogP) is 3.39. The fraction of sp³-hybridized carbons (Fsp3) is 0.429. The van der Waals surface area contributed by atoms with E-state index >= 15 is 0 Å². The number of aliphatic imine (C=N–C) groups is 1. The summed E-state index contributed by atoms with van der Waals surface area (Å²) in [7, 11) is 0. The molecule has 1 aliphatic rings. The summed E-state index contributed by atoms with van der Waals surface area (Å²) in [5.41, 5.74) is 3.49. The van der Waals surface area contributed by atoms with Crippen molar-refractivity contribution in [1.29, 1.82) is 0 Å². The van der Waals surface area contributed by atoms with Crippen molar-refractivity contribution in [2.45, 2.75) is 45.6 Å². The van der Waals surface area contributed by atoms with Crippen LogP contribution in [0.25, 0.3) is 5.69 Å². The summed E-state index contributed by atoms with van der Waals surface area (Å²) in [6.45, 7) is 5.88. The Morgan fingerprint density at radius 3 is 2.73 bits per heavy atom. The summed E-state index contributed by atoms with van der Waals surface area (Å²) >= 11 is 0. The molecule has 1 heterocycles. The van der Waals surface area contributed by atoms with Crippen LogP contribution in [0, 0.1) is 6.92 Å².